The van der Waals surface area contributed by atoms with Gasteiger partial charge in [0.2, 0.25) is 0 Å². The van der Waals surface area contributed by atoms with Gasteiger partial charge in [-0.3, -0.25) is 9.78 Å². The third-order valence-electron chi connectivity index (χ3n) is 5.33. The van der Waals surface area contributed by atoms with Gasteiger partial charge in [-0.1, -0.05) is 77.1 Å². The van der Waals surface area contributed by atoms with E-state index >= 15 is 0 Å². The predicted molar refractivity (Wildman–Crippen MR) is 130 cm³/mol. The van der Waals surface area contributed by atoms with Crippen molar-refractivity contribution < 1.29 is 9.53 Å². The van der Waals surface area contributed by atoms with Gasteiger partial charge in [0.25, 0.3) is 0 Å². The van der Waals surface area contributed by atoms with E-state index in [0.717, 1.165) is 27.6 Å². The lowest BCUT2D eigenvalue weighted by Gasteiger charge is -2.34. The van der Waals surface area contributed by atoms with Gasteiger partial charge < -0.3 is 4.74 Å². The zero-order valence-electron chi connectivity index (χ0n) is 19.5. The fraction of sp³-hybridized carbons (Fsp3) is 0.357. The molecule has 0 aliphatic heterocycles. The summed E-state index contributed by atoms with van der Waals surface area (Å²) in [5.74, 6) is 0.0862. The van der Waals surface area contributed by atoms with Crippen molar-refractivity contribution in [2.45, 2.75) is 54.1 Å². The van der Waals surface area contributed by atoms with Crippen LogP contribution in [-0.4, -0.2) is 17.1 Å². The van der Waals surface area contributed by atoms with Gasteiger partial charge in [0, 0.05) is 29.8 Å². The van der Waals surface area contributed by atoms with Crippen LogP contribution in [0.1, 0.15) is 57.7 Å². The fourth-order valence-electron chi connectivity index (χ4n) is 3.90. The van der Waals surface area contributed by atoms with E-state index in [1.54, 1.807) is 6.20 Å². The molecule has 0 aliphatic carbocycles. The number of benzene rings is 2. The highest BCUT2D eigenvalue weighted by molar-refractivity contribution is 6.00. The third kappa shape index (κ3) is 5.61. The molecular formula is C28H33NO2. The number of hydrogen-bond donors (Lipinski definition) is 0. The highest BCUT2D eigenvalue weighted by Gasteiger charge is 2.34. The average molecular weight is 416 g/mol. The van der Waals surface area contributed by atoms with Crippen molar-refractivity contribution in [2.24, 2.45) is 11.3 Å². The van der Waals surface area contributed by atoms with E-state index in [1.807, 2.05) is 32.2 Å². The molecule has 0 amide bonds. The van der Waals surface area contributed by atoms with Crippen molar-refractivity contribution in [2.75, 3.05) is 0 Å². The summed E-state index contributed by atoms with van der Waals surface area (Å²) in [5, 5.41) is 2.33. The second-order valence-electron chi connectivity index (χ2n) is 9.70. The van der Waals surface area contributed by atoms with E-state index in [0.29, 0.717) is 6.42 Å². The van der Waals surface area contributed by atoms with Crippen molar-refractivity contribution >= 4 is 28.4 Å². The highest BCUT2D eigenvalue weighted by atomic mass is 16.5. The number of aryl methyl sites for hydroxylation is 1. The first-order chi connectivity index (χ1) is 14.7. The summed E-state index contributed by atoms with van der Waals surface area (Å²) in [7, 11) is 0. The van der Waals surface area contributed by atoms with Gasteiger partial charge in [0.15, 0.2) is 0 Å². The number of carbonyl (C=O) groups excluding carboxylic acids is 1. The lowest BCUT2D eigenvalue weighted by molar-refractivity contribution is -0.151. The topological polar surface area (TPSA) is 39.2 Å². The van der Waals surface area contributed by atoms with Gasteiger partial charge in [0.1, 0.15) is 6.10 Å². The molecule has 2 aromatic carbocycles. The molecule has 0 bridgehead atoms. The smallest absolute Gasteiger partial charge is 0.306 e. The number of nitrogens with zero attached hydrogens (tertiary/aromatic N) is 1. The Balaban J connectivity index is 2.25. The zero-order chi connectivity index (χ0) is 22.6. The minimum Gasteiger partial charge on any atom is -0.457 e. The highest BCUT2D eigenvalue weighted by Crippen LogP contribution is 2.39. The molecule has 1 aromatic heterocycles. The number of pyridine rings is 1. The fourth-order valence-corrected chi connectivity index (χ4v) is 3.90. The van der Waals surface area contributed by atoms with Gasteiger partial charge in [-0.25, -0.2) is 0 Å². The normalized spacial score (nSPS) is 13.5. The maximum atomic E-state index is 12.8. The van der Waals surface area contributed by atoms with Crippen LogP contribution in [0.5, 0.6) is 0 Å². The molecule has 3 rings (SSSR count). The molecule has 1 heterocycles. The van der Waals surface area contributed by atoms with Crippen LogP contribution in [0, 0.1) is 18.3 Å². The monoisotopic (exact) mass is 415 g/mol. The van der Waals surface area contributed by atoms with Crippen molar-refractivity contribution in [1.29, 1.82) is 0 Å². The Morgan fingerprint density at radius 2 is 1.81 bits per heavy atom. The molecule has 0 N–H and O–H groups in total. The number of ether oxygens (including phenoxy) is 1. The maximum Gasteiger partial charge on any atom is 0.306 e. The Kier molecular flexibility index (Phi) is 6.94. The van der Waals surface area contributed by atoms with E-state index in [4.69, 9.17) is 4.74 Å². The van der Waals surface area contributed by atoms with E-state index in [2.05, 4.69) is 75.2 Å². The maximum absolute atomic E-state index is 12.8. The zero-order valence-corrected chi connectivity index (χ0v) is 19.5. The number of carbonyl (C=O) groups is 1. The summed E-state index contributed by atoms with van der Waals surface area (Å²) in [6.07, 6.45) is 5.74. The summed E-state index contributed by atoms with van der Waals surface area (Å²) in [6, 6.07) is 16.6. The van der Waals surface area contributed by atoms with Gasteiger partial charge in [-0.2, -0.15) is 0 Å². The molecule has 1 unspecified atom stereocenters. The van der Waals surface area contributed by atoms with E-state index < -0.39 is 6.10 Å². The van der Waals surface area contributed by atoms with Crippen molar-refractivity contribution in [1.82, 2.24) is 4.98 Å². The van der Waals surface area contributed by atoms with Crippen LogP contribution in [0.25, 0.3) is 22.4 Å². The number of aromatic nitrogens is 1. The van der Waals surface area contributed by atoms with Crippen LogP contribution in [0.3, 0.4) is 0 Å². The lowest BCUT2D eigenvalue weighted by Crippen LogP contribution is -2.33. The Bertz CT molecular complexity index is 1080. The number of fused-ring (bicyclic) bond motifs is 1. The van der Waals surface area contributed by atoms with Gasteiger partial charge in [-0.05, 0) is 52.4 Å². The summed E-state index contributed by atoms with van der Waals surface area (Å²) in [5.41, 5.74) is 3.98. The first kappa shape index (κ1) is 22.7. The molecule has 0 spiro atoms. The summed E-state index contributed by atoms with van der Waals surface area (Å²) in [6.45, 7) is 12.6. The Morgan fingerprint density at radius 3 is 2.45 bits per heavy atom. The van der Waals surface area contributed by atoms with E-state index in [9.17, 15) is 4.79 Å². The summed E-state index contributed by atoms with van der Waals surface area (Å²) < 4.78 is 6.19. The van der Waals surface area contributed by atoms with Crippen LogP contribution in [0.4, 0.5) is 0 Å². The lowest BCUT2D eigenvalue weighted by atomic mass is 9.79. The standard InChI is InChI=1S/C28H33NO2/c1-19(2)16-25(30)31-27(28(4,5)6)24(17-21-10-9-15-29-18-21)26-20(3)13-14-22-11-7-8-12-23(22)26/h7-15,17-19,27H,16H2,1-6H3. The van der Waals surface area contributed by atoms with Gasteiger partial charge in [-0.15, -0.1) is 0 Å². The van der Waals surface area contributed by atoms with Crippen molar-refractivity contribution in [3.63, 3.8) is 0 Å². The Morgan fingerprint density at radius 1 is 1.06 bits per heavy atom. The van der Waals surface area contributed by atoms with Crippen LogP contribution in [0.15, 0.2) is 60.9 Å². The molecule has 3 nitrogen and oxygen atoms in total. The van der Waals surface area contributed by atoms with Gasteiger partial charge in [0.05, 0.1) is 0 Å². The summed E-state index contributed by atoms with van der Waals surface area (Å²) >= 11 is 0. The van der Waals surface area contributed by atoms with Crippen LogP contribution < -0.4 is 0 Å². The Labute approximate surface area is 186 Å². The second-order valence-corrected chi connectivity index (χ2v) is 9.70. The number of esters is 1. The minimum absolute atomic E-state index is 0.162. The summed E-state index contributed by atoms with van der Waals surface area (Å²) in [4.78, 5) is 17.1. The number of hydrogen-bond acceptors (Lipinski definition) is 3. The van der Waals surface area contributed by atoms with Crippen molar-refractivity contribution in [3.05, 3.63) is 77.6 Å². The van der Waals surface area contributed by atoms with Crippen LogP contribution in [0.2, 0.25) is 0 Å². The average Bonchev–Trinajstić information content (AvgIpc) is 2.70. The minimum atomic E-state index is -0.400. The van der Waals surface area contributed by atoms with Crippen LogP contribution >= 0.6 is 0 Å². The quantitative estimate of drug-likeness (QED) is 0.404. The van der Waals surface area contributed by atoms with E-state index in [1.165, 1.54) is 5.39 Å². The third-order valence-corrected chi connectivity index (χ3v) is 5.33. The molecule has 0 radical (unpaired) electrons. The molecule has 0 fully saturated rings. The molecule has 0 saturated carbocycles. The molecule has 3 heteroatoms. The first-order valence-electron chi connectivity index (χ1n) is 11.0. The molecule has 31 heavy (non-hydrogen) atoms. The molecule has 3 aromatic rings. The van der Waals surface area contributed by atoms with Gasteiger partial charge >= 0.3 is 5.97 Å². The van der Waals surface area contributed by atoms with Crippen molar-refractivity contribution in [3.8, 4) is 0 Å². The van der Waals surface area contributed by atoms with Crippen LogP contribution in [-0.2, 0) is 9.53 Å². The Hall–Kier alpha value is -2.94. The molecule has 162 valence electrons. The van der Waals surface area contributed by atoms with E-state index in [-0.39, 0.29) is 17.3 Å². The molecule has 0 saturated heterocycles. The molecule has 1 atom stereocenters. The first-order valence-corrected chi connectivity index (χ1v) is 11.0. The molecular weight excluding hydrogens is 382 g/mol. The predicted octanol–water partition coefficient (Wildman–Crippen LogP) is 7.09. The number of rotatable bonds is 6. The largest absolute Gasteiger partial charge is 0.457 e. The molecule has 0 aliphatic rings. The SMILES string of the molecule is Cc1ccc2ccccc2c1C(=Cc1cccnc1)C(OC(=O)CC(C)C)C(C)(C)C. The second kappa shape index (κ2) is 9.47.